The molecule has 2 unspecified atom stereocenters. The molecule has 2 aliphatic rings. The van der Waals surface area contributed by atoms with Gasteiger partial charge in [0.25, 0.3) is 11.8 Å². The van der Waals surface area contributed by atoms with Crippen molar-refractivity contribution < 1.29 is 19.1 Å². The number of carbonyl (C=O) groups excluding carboxylic acids is 2. The highest BCUT2D eigenvalue weighted by molar-refractivity contribution is 6.45. The van der Waals surface area contributed by atoms with Crippen LogP contribution in [-0.4, -0.2) is 48.6 Å². The summed E-state index contributed by atoms with van der Waals surface area (Å²) in [6, 6.07) is 14.9. The molecule has 0 saturated carbocycles. The first-order chi connectivity index (χ1) is 15.8. The molecular weight excluding hydrogens is 416 g/mol. The molecule has 2 aliphatic heterocycles. The van der Waals surface area contributed by atoms with Gasteiger partial charge in [0, 0.05) is 13.1 Å². The van der Waals surface area contributed by atoms with E-state index >= 15 is 0 Å². The molecule has 0 radical (unpaired) electrons. The van der Waals surface area contributed by atoms with Crippen molar-refractivity contribution in [1.82, 2.24) is 4.90 Å². The molecule has 2 aromatic rings. The van der Waals surface area contributed by atoms with Gasteiger partial charge in [-0.15, -0.1) is 0 Å². The maximum absolute atomic E-state index is 13.7. The first-order valence-electron chi connectivity index (χ1n) is 11.6. The summed E-state index contributed by atoms with van der Waals surface area (Å²) < 4.78 is 11.7. The lowest BCUT2D eigenvalue weighted by Crippen LogP contribution is -2.47. The Balaban J connectivity index is 1.76. The molecule has 0 aromatic heterocycles. The molecule has 33 heavy (non-hydrogen) atoms. The summed E-state index contributed by atoms with van der Waals surface area (Å²) in [4.78, 5) is 30.8. The molecule has 2 amide bonds. The maximum Gasteiger partial charge on any atom is 0.282 e. The SMILES string of the molecule is Cc1ccccc1N1C(=O)C(c2ccc(OCC(C)C)cc2)=C(N2CC(C)OC(C)C2)C1=O. The molecule has 2 atom stereocenters. The van der Waals surface area contributed by atoms with Gasteiger partial charge in [-0.1, -0.05) is 44.2 Å². The Morgan fingerprint density at radius 3 is 2.21 bits per heavy atom. The fraction of sp³-hybridized carbons (Fsp3) is 0.407. The van der Waals surface area contributed by atoms with E-state index in [-0.39, 0.29) is 24.0 Å². The monoisotopic (exact) mass is 448 g/mol. The van der Waals surface area contributed by atoms with E-state index in [9.17, 15) is 9.59 Å². The Hall–Kier alpha value is -3.12. The normalized spacial score (nSPS) is 21.4. The summed E-state index contributed by atoms with van der Waals surface area (Å²) in [5.41, 5.74) is 3.08. The topological polar surface area (TPSA) is 59.1 Å². The van der Waals surface area contributed by atoms with Crippen LogP contribution in [0.4, 0.5) is 5.69 Å². The van der Waals surface area contributed by atoms with Crippen molar-refractivity contribution in [3.8, 4) is 5.75 Å². The minimum Gasteiger partial charge on any atom is -0.493 e. The van der Waals surface area contributed by atoms with E-state index in [0.29, 0.717) is 48.1 Å². The van der Waals surface area contributed by atoms with E-state index in [2.05, 4.69) is 13.8 Å². The van der Waals surface area contributed by atoms with E-state index < -0.39 is 0 Å². The summed E-state index contributed by atoms with van der Waals surface area (Å²) in [6.45, 7) is 11.8. The number of anilines is 1. The highest BCUT2D eigenvalue weighted by Crippen LogP contribution is 2.37. The van der Waals surface area contributed by atoms with Gasteiger partial charge in [-0.2, -0.15) is 0 Å². The average Bonchev–Trinajstić information content (AvgIpc) is 3.02. The average molecular weight is 449 g/mol. The number of morpholine rings is 1. The third-order valence-corrected chi connectivity index (χ3v) is 5.88. The van der Waals surface area contributed by atoms with Gasteiger partial charge >= 0.3 is 0 Å². The molecule has 1 fully saturated rings. The van der Waals surface area contributed by atoms with E-state index in [4.69, 9.17) is 9.47 Å². The number of rotatable bonds is 6. The molecule has 174 valence electrons. The first-order valence-corrected chi connectivity index (χ1v) is 11.6. The standard InChI is InChI=1S/C27H32N2O4/c1-17(2)16-32-22-12-10-21(11-13-22)24-25(28-14-19(4)33-20(5)15-28)27(31)29(26(24)30)23-9-7-6-8-18(23)3/h6-13,17,19-20H,14-16H2,1-5H3. The molecule has 2 aromatic carbocycles. The molecule has 0 spiro atoms. The van der Waals surface area contributed by atoms with Crippen molar-refractivity contribution in [2.75, 3.05) is 24.6 Å². The Bertz CT molecular complexity index is 1060. The molecule has 0 bridgehead atoms. The highest BCUT2D eigenvalue weighted by Gasteiger charge is 2.44. The molecule has 1 saturated heterocycles. The highest BCUT2D eigenvalue weighted by atomic mass is 16.5. The van der Waals surface area contributed by atoms with Gasteiger partial charge in [0.05, 0.1) is 30.1 Å². The molecule has 0 N–H and O–H groups in total. The first kappa shape index (κ1) is 23.1. The number of nitrogens with zero attached hydrogens (tertiary/aromatic N) is 2. The molecule has 2 heterocycles. The van der Waals surface area contributed by atoms with Gasteiger partial charge in [0.15, 0.2) is 0 Å². The minimum absolute atomic E-state index is 0.0373. The number of hydrogen-bond donors (Lipinski definition) is 0. The molecule has 6 nitrogen and oxygen atoms in total. The van der Waals surface area contributed by atoms with Crippen LogP contribution in [0.15, 0.2) is 54.2 Å². The van der Waals surface area contributed by atoms with Crippen LogP contribution >= 0.6 is 0 Å². The van der Waals surface area contributed by atoms with E-state index in [1.807, 2.05) is 74.2 Å². The van der Waals surface area contributed by atoms with Gasteiger partial charge in [0.1, 0.15) is 11.4 Å². The van der Waals surface area contributed by atoms with Crippen LogP contribution in [0.1, 0.15) is 38.8 Å². The van der Waals surface area contributed by atoms with Crippen molar-refractivity contribution in [2.24, 2.45) is 5.92 Å². The van der Waals surface area contributed by atoms with Crippen LogP contribution in [0.3, 0.4) is 0 Å². The molecule has 6 heteroatoms. The molecular formula is C27H32N2O4. The van der Waals surface area contributed by atoms with Gasteiger partial charge < -0.3 is 14.4 Å². The Labute approximate surface area is 195 Å². The van der Waals surface area contributed by atoms with Crippen molar-refractivity contribution >= 4 is 23.1 Å². The van der Waals surface area contributed by atoms with Crippen LogP contribution in [-0.2, 0) is 14.3 Å². The largest absolute Gasteiger partial charge is 0.493 e. The van der Waals surface area contributed by atoms with Gasteiger partial charge in [-0.3, -0.25) is 9.59 Å². The van der Waals surface area contributed by atoms with Gasteiger partial charge in [-0.25, -0.2) is 4.90 Å². The lowest BCUT2D eigenvalue weighted by molar-refractivity contribution is -0.121. The third kappa shape index (κ3) is 4.67. The third-order valence-electron chi connectivity index (χ3n) is 5.88. The van der Waals surface area contributed by atoms with E-state index in [0.717, 1.165) is 11.3 Å². The molecule has 0 aliphatic carbocycles. The number of aryl methyl sites for hydroxylation is 1. The van der Waals surface area contributed by atoms with Crippen LogP contribution in [0.25, 0.3) is 5.57 Å². The minimum atomic E-state index is -0.299. The van der Waals surface area contributed by atoms with Crippen LogP contribution in [0.5, 0.6) is 5.75 Å². The molecule has 4 rings (SSSR count). The zero-order chi connectivity index (χ0) is 23.7. The summed E-state index contributed by atoms with van der Waals surface area (Å²) in [5, 5.41) is 0. The second-order valence-electron chi connectivity index (χ2n) is 9.35. The predicted octanol–water partition coefficient (Wildman–Crippen LogP) is 4.42. The van der Waals surface area contributed by atoms with E-state index in [1.54, 1.807) is 0 Å². The Morgan fingerprint density at radius 2 is 1.61 bits per heavy atom. The van der Waals surface area contributed by atoms with Gasteiger partial charge in [-0.05, 0) is 56.0 Å². The Morgan fingerprint density at radius 1 is 0.970 bits per heavy atom. The van der Waals surface area contributed by atoms with Crippen LogP contribution in [0.2, 0.25) is 0 Å². The second kappa shape index (κ2) is 9.40. The number of imide groups is 1. The lowest BCUT2D eigenvalue weighted by atomic mass is 10.0. The van der Waals surface area contributed by atoms with Crippen molar-refractivity contribution in [2.45, 2.75) is 46.8 Å². The zero-order valence-electron chi connectivity index (χ0n) is 20.0. The zero-order valence-corrected chi connectivity index (χ0v) is 20.0. The number of amides is 2. The second-order valence-corrected chi connectivity index (χ2v) is 9.35. The summed E-state index contributed by atoms with van der Waals surface area (Å²) in [6.07, 6.45) is -0.0746. The summed E-state index contributed by atoms with van der Waals surface area (Å²) >= 11 is 0. The number of hydrogen-bond acceptors (Lipinski definition) is 5. The summed E-state index contributed by atoms with van der Waals surface area (Å²) in [7, 11) is 0. The van der Waals surface area contributed by atoms with Crippen molar-refractivity contribution in [3.63, 3.8) is 0 Å². The van der Waals surface area contributed by atoms with Crippen molar-refractivity contribution in [3.05, 3.63) is 65.4 Å². The number of carbonyl (C=O) groups is 2. The number of ether oxygens (including phenoxy) is 2. The van der Waals surface area contributed by atoms with Crippen LogP contribution < -0.4 is 9.64 Å². The van der Waals surface area contributed by atoms with Crippen LogP contribution in [0, 0.1) is 12.8 Å². The fourth-order valence-corrected chi connectivity index (χ4v) is 4.45. The number of benzene rings is 2. The fourth-order valence-electron chi connectivity index (χ4n) is 4.45. The smallest absolute Gasteiger partial charge is 0.282 e. The quantitative estimate of drug-likeness (QED) is 0.612. The van der Waals surface area contributed by atoms with E-state index in [1.165, 1.54) is 4.90 Å². The van der Waals surface area contributed by atoms with Crippen molar-refractivity contribution in [1.29, 1.82) is 0 Å². The maximum atomic E-state index is 13.7. The predicted molar refractivity (Wildman–Crippen MR) is 129 cm³/mol. The van der Waals surface area contributed by atoms with Gasteiger partial charge in [0.2, 0.25) is 0 Å². The lowest BCUT2D eigenvalue weighted by Gasteiger charge is -2.37. The number of para-hydroxylation sites is 1. The Kier molecular flexibility index (Phi) is 6.56. The summed E-state index contributed by atoms with van der Waals surface area (Å²) in [5.74, 6) is 0.578.